The van der Waals surface area contributed by atoms with Crippen molar-refractivity contribution in [3.05, 3.63) is 65.5 Å². The first kappa shape index (κ1) is 32.7. The van der Waals surface area contributed by atoms with E-state index in [2.05, 4.69) is 0 Å². The Bertz CT molecular complexity index is 1440. The number of likely N-dealkylation sites (tertiary alicyclic amines) is 2. The summed E-state index contributed by atoms with van der Waals surface area (Å²) < 4.78 is 120. The van der Waals surface area contributed by atoms with Crippen LogP contribution >= 0.6 is 0 Å². The molecule has 0 unspecified atom stereocenters. The second-order valence-corrected chi connectivity index (χ2v) is 13.0. The molecule has 2 aliphatic rings. The molecule has 15 heteroatoms. The molecule has 2 heterocycles. The molecule has 1 N–H and O–H groups in total. The van der Waals surface area contributed by atoms with Gasteiger partial charge in [-0.3, -0.25) is 9.59 Å². The summed E-state index contributed by atoms with van der Waals surface area (Å²) in [6.07, 6.45) is -11.6. The smallest absolute Gasteiger partial charge is 0.369 e. The normalized spacial score (nSPS) is 20.9. The Morgan fingerprint density at radius 3 is 1.91 bits per heavy atom. The molecule has 2 aromatic rings. The molecule has 2 aliphatic heterocycles. The predicted molar refractivity (Wildman–Crippen MR) is 139 cm³/mol. The van der Waals surface area contributed by atoms with Crippen LogP contribution in [0.5, 0.6) is 0 Å². The minimum atomic E-state index is -6.14. The van der Waals surface area contributed by atoms with E-state index in [4.69, 9.17) is 0 Å². The highest BCUT2D eigenvalue weighted by molar-refractivity contribution is 7.92. The Kier molecular flexibility index (Phi) is 8.66. The lowest BCUT2D eigenvalue weighted by molar-refractivity contribution is -0.376. The van der Waals surface area contributed by atoms with Crippen molar-refractivity contribution in [2.75, 3.05) is 26.2 Å². The molecule has 2 saturated heterocycles. The summed E-state index contributed by atoms with van der Waals surface area (Å²) in [7, 11) is -4.52. The van der Waals surface area contributed by atoms with Gasteiger partial charge in [-0.2, -0.15) is 26.3 Å². The van der Waals surface area contributed by atoms with Gasteiger partial charge in [0.2, 0.25) is 11.8 Å². The van der Waals surface area contributed by atoms with Gasteiger partial charge in [0.1, 0.15) is 10.6 Å². The number of benzene rings is 2. The van der Waals surface area contributed by atoms with E-state index in [0.29, 0.717) is 44.5 Å². The average molecular weight is 639 g/mol. The van der Waals surface area contributed by atoms with Gasteiger partial charge in [0.25, 0.3) is 5.60 Å². The number of rotatable bonds is 6. The molecule has 0 radical (unpaired) electrons. The minimum absolute atomic E-state index is 0.0668. The molecule has 2 aromatic carbocycles. The zero-order chi connectivity index (χ0) is 32.0. The number of aliphatic hydroxyl groups is 1. The van der Waals surface area contributed by atoms with E-state index in [-0.39, 0.29) is 35.2 Å². The van der Waals surface area contributed by atoms with Crippen molar-refractivity contribution in [1.29, 1.82) is 0 Å². The van der Waals surface area contributed by atoms with Gasteiger partial charge in [-0.05, 0) is 49.1 Å². The van der Waals surface area contributed by atoms with E-state index in [1.807, 2.05) is 0 Å². The monoisotopic (exact) mass is 638 g/mol. The molecule has 236 valence electrons. The Hall–Kier alpha value is -3.20. The van der Waals surface area contributed by atoms with Crippen LogP contribution in [0.15, 0.2) is 53.4 Å². The zero-order valence-corrected chi connectivity index (χ0v) is 23.7. The number of alkyl halides is 6. The van der Waals surface area contributed by atoms with Crippen molar-refractivity contribution < 1.29 is 53.8 Å². The Morgan fingerprint density at radius 2 is 1.42 bits per heavy atom. The second-order valence-electron chi connectivity index (χ2n) is 10.8. The summed E-state index contributed by atoms with van der Waals surface area (Å²) in [6.45, 7) is 1.81. The number of amides is 2. The van der Waals surface area contributed by atoms with Crippen molar-refractivity contribution in [1.82, 2.24) is 9.80 Å². The average Bonchev–Trinajstić information content (AvgIpc) is 3.42. The summed E-state index contributed by atoms with van der Waals surface area (Å²) in [5, 5.41) is 9.79. The lowest BCUT2D eigenvalue weighted by atomic mass is 9.89. The number of piperidine rings is 1. The summed E-state index contributed by atoms with van der Waals surface area (Å²) in [5.74, 6) is -1.73. The molecule has 2 amide bonds. The molecule has 43 heavy (non-hydrogen) atoms. The Morgan fingerprint density at radius 1 is 0.884 bits per heavy atom. The van der Waals surface area contributed by atoms with Crippen LogP contribution in [0.4, 0.5) is 30.7 Å². The fourth-order valence-electron chi connectivity index (χ4n) is 5.78. The Balaban J connectivity index is 1.72. The maximum Gasteiger partial charge on any atom is 0.430 e. The molecule has 4 rings (SSSR count). The Labute approximate surface area is 243 Å². The third kappa shape index (κ3) is 5.61. The quantitative estimate of drug-likeness (QED) is 0.366. The van der Waals surface area contributed by atoms with E-state index >= 15 is 0 Å². The van der Waals surface area contributed by atoms with Crippen LogP contribution in [0, 0.1) is 11.7 Å². The number of carbonyl (C=O) groups excluding carboxylic acids is 2. The van der Waals surface area contributed by atoms with Crippen LogP contribution in [0.2, 0.25) is 0 Å². The molecule has 2 fully saturated rings. The molecule has 0 bridgehead atoms. The van der Waals surface area contributed by atoms with Gasteiger partial charge in [0.15, 0.2) is 9.84 Å². The molecular formula is C28H29F7N2O5S. The fourth-order valence-corrected chi connectivity index (χ4v) is 7.86. The first-order valence-corrected chi connectivity index (χ1v) is 14.9. The number of hydrogen-bond donors (Lipinski definition) is 1. The van der Waals surface area contributed by atoms with E-state index < -0.39 is 56.4 Å². The van der Waals surface area contributed by atoms with Crippen LogP contribution < -0.4 is 0 Å². The number of hydrogen-bond acceptors (Lipinski definition) is 5. The molecule has 0 aliphatic carbocycles. The molecule has 1 atom stereocenters. The lowest BCUT2D eigenvalue weighted by Crippen LogP contribution is -2.54. The van der Waals surface area contributed by atoms with Gasteiger partial charge in [0.05, 0.1) is 4.90 Å². The predicted octanol–water partition coefficient (Wildman–Crippen LogP) is 4.69. The summed E-state index contributed by atoms with van der Waals surface area (Å²) in [4.78, 5) is 28.0. The van der Waals surface area contributed by atoms with Crippen molar-refractivity contribution >= 4 is 21.7 Å². The van der Waals surface area contributed by atoms with Crippen LogP contribution in [0.3, 0.4) is 0 Å². The maximum atomic E-state index is 14.1. The number of halogens is 7. The SMILES string of the molecule is CCC(=O)N1CCC(C(=O)N2CC[C@](c3ccc(C(O)(C(F)(F)F)C(F)(F)F)cc3)(S(=O)(=O)c3ccc(F)cc3)C2)CC1. The highest BCUT2D eigenvalue weighted by atomic mass is 32.2. The lowest BCUT2D eigenvalue weighted by Gasteiger charge is -2.35. The van der Waals surface area contributed by atoms with Crippen molar-refractivity contribution in [3.8, 4) is 0 Å². The number of nitrogens with zero attached hydrogens (tertiary/aromatic N) is 2. The van der Waals surface area contributed by atoms with Gasteiger partial charge in [-0.25, -0.2) is 12.8 Å². The molecule has 0 aromatic heterocycles. The summed E-state index contributed by atoms with van der Waals surface area (Å²) in [6, 6.07) is 6.00. The van der Waals surface area contributed by atoms with Gasteiger partial charge >= 0.3 is 12.4 Å². The van der Waals surface area contributed by atoms with Crippen molar-refractivity contribution in [2.45, 2.75) is 60.2 Å². The molecular weight excluding hydrogens is 609 g/mol. The maximum absolute atomic E-state index is 14.1. The molecule has 7 nitrogen and oxygen atoms in total. The first-order chi connectivity index (χ1) is 19.9. The third-order valence-electron chi connectivity index (χ3n) is 8.33. The summed E-state index contributed by atoms with van der Waals surface area (Å²) >= 11 is 0. The minimum Gasteiger partial charge on any atom is -0.369 e. The fraction of sp³-hybridized carbons (Fsp3) is 0.500. The largest absolute Gasteiger partial charge is 0.430 e. The second kappa shape index (κ2) is 11.4. The standard InChI is InChI=1S/C28H29F7N2O5S/c1-2-23(38)36-14-11-18(12-15-36)24(39)37-16-13-25(17-37,43(41,42)22-9-7-21(29)8-10-22)19-3-5-20(6-4-19)26(40,27(30,31)32)28(33,34)35/h3-10,18,40H,2,11-17H2,1H3/t25-/m0/s1. The zero-order valence-electron chi connectivity index (χ0n) is 22.9. The van der Waals surface area contributed by atoms with E-state index in [1.165, 1.54) is 4.90 Å². The van der Waals surface area contributed by atoms with Crippen LogP contribution in [-0.4, -0.2) is 73.7 Å². The van der Waals surface area contributed by atoms with Crippen molar-refractivity contribution in [3.63, 3.8) is 0 Å². The van der Waals surface area contributed by atoms with E-state index in [9.17, 15) is 53.8 Å². The van der Waals surface area contributed by atoms with E-state index in [0.717, 1.165) is 36.4 Å². The first-order valence-electron chi connectivity index (χ1n) is 13.4. The van der Waals surface area contributed by atoms with Crippen LogP contribution in [0.1, 0.15) is 43.7 Å². The number of sulfone groups is 1. The van der Waals surface area contributed by atoms with E-state index in [1.54, 1.807) is 11.8 Å². The third-order valence-corrected chi connectivity index (χ3v) is 10.8. The van der Waals surface area contributed by atoms with Gasteiger partial charge in [0, 0.05) is 44.1 Å². The van der Waals surface area contributed by atoms with Gasteiger partial charge in [-0.15, -0.1) is 0 Å². The van der Waals surface area contributed by atoms with Crippen LogP contribution in [0.25, 0.3) is 0 Å². The van der Waals surface area contributed by atoms with Crippen molar-refractivity contribution in [2.24, 2.45) is 5.92 Å². The highest BCUT2D eigenvalue weighted by Gasteiger charge is 2.71. The van der Waals surface area contributed by atoms with Crippen LogP contribution in [-0.2, 0) is 29.8 Å². The van der Waals surface area contributed by atoms with Gasteiger partial charge < -0.3 is 14.9 Å². The topological polar surface area (TPSA) is 95.0 Å². The molecule has 0 saturated carbocycles. The van der Waals surface area contributed by atoms with Gasteiger partial charge in [-0.1, -0.05) is 31.2 Å². The molecule has 0 spiro atoms. The number of carbonyl (C=O) groups is 2. The summed E-state index contributed by atoms with van der Waals surface area (Å²) in [5.41, 5.74) is -6.98. The highest BCUT2D eigenvalue weighted by Crippen LogP contribution is 2.51.